The molecule has 0 radical (unpaired) electrons. The third-order valence-electron chi connectivity index (χ3n) is 6.08. The number of rotatable bonds is 11. The SMILES string of the molecule is CCNC(=O)[C@@H](CC)N(Cc1ccc(Cl)c(Cl)c1)C(=O)CN(c1ccc(Cl)cc1)S(=O)(=O)c1ccc(C)cc1. The number of sulfonamides is 1. The highest BCUT2D eigenvalue weighted by atomic mass is 35.5. The van der Waals surface area contributed by atoms with E-state index in [0.717, 1.165) is 9.87 Å². The molecule has 0 saturated heterocycles. The van der Waals surface area contributed by atoms with Gasteiger partial charge < -0.3 is 10.2 Å². The summed E-state index contributed by atoms with van der Waals surface area (Å²) in [7, 11) is -4.16. The first-order valence-corrected chi connectivity index (χ1v) is 14.9. The number of nitrogens with one attached hydrogen (secondary N) is 1. The highest BCUT2D eigenvalue weighted by Crippen LogP contribution is 2.27. The maximum absolute atomic E-state index is 13.9. The minimum absolute atomic E-state index is 0.0183. The maximum atomic E-state index is 13.9. The van der Waals surface area contributed by atoms with E-state index in [1.807, 2.05) is 6.92 Å². The van der Waals surface area contributed by atoms with Crippen LogP contribution >= 0.6 is 34.8 Å². The Labute approximate surface area is 244 Å². The summed E-state index contributed by atoms with van der Waals surface area (Å²) < 4.78 is 28.7. The number of likely N-dealkylation sites (N-methyl/N-ethyl adjacent to an activating group) is 1. The van der Waals surface area contributed by atoms with E-state index in [2.05, 4.69) is 5.32 Å². The Morgan fingerprint density at radius 2 is 1.54 bits per heavy atom. The van der Waals surface area contributed by atoms with Crippen LogP contribution in [0.15, 0.2) is 71.6 Å². The van der Waals surface area contributed by atoms with E-state index in [-0.39, 0.29) is 23.0 Å². The van der Waals surface area contributed by atoms with Gasteiger partial charge in [0.1, 0.15) is 12.6 Å². The first kappa shape index (κ1) is 30.8. The van der Waals surface area contributed by atoms with Crippen molar-refractivity contribution < 1.29 is 18.0 Å². The van der Waals surface area contributed by atoms with Crippen molar-refractivity contribution in [3.8, 4) is 0 Å². The van der Waals surface area contributed by atoms with Gasteiger partial charge in [-0.05, 0) is 74.4 Å². The Morgan fingerprint density at radius 1 is 0.897 bits per heavy atom. The van der Waals surface area contributed by atoms with E-state index >= 15 is 0 Å². The average molecular weight is 611 g/mol. The molecule has 3 aromatic carbocycles. The zero-order chi connectivity index (χ0) is 28.7. The Hall–Kier alpha value is -2.78. The second kappa shape index (κ2) is 13.5. The van der Waals surface area contributed by atoms with Crippen LogP contribution < -0.4 is 9.62 Å². The Morgan fingerprint density at radius 3 is 2.10 bits per heavy atom. The van der Waals surface area contributed by atoms with Gasteiger partial charge in [-0.15, -0.1) is 0 Å². The summed E-state index contributed by atoms with van der Waals surface area (Å²) in [5.74, 6) is -0.905. The fourth-order valence-corrected chi connectivity index (χ4v) is 5.88. The lowest BCUT2D eigenvalue weighted by Gasteiger charge is -2.33. The number of anilines is 1. The Kier molecular flexibility index (Phi) is 10.7. The monoisotopic (exact) mass is 609 g/mol. The van der Waals surface area contributed by atoms with Gasteiger partial charge in [0.15, 0.2) is 0 Å². The van der Waals surface area contributed by atoms with Crippen molar-refractivity contribution in [2.24, 2.45) is 0 Å². The molecule has 1 atom stereocenters. The predicted molar refractivity (Wildman–Crippen MR) is 157 cm³/mol. The van der Waals surface area contributed by atoms with Gasteiger partial charge in [-0.1, -0.05) is 65.5 Å². The number of carbonyl (C=O) groups excluding carboxylic acids is 2. The molecule has 0 saturated carbocycles. The van der Waals surface area contributed by atoms with Crippen molar-refractivity contribution in [2.75, 3.05) is 17.4 Å². The molecule has 3 aromatic rings. The summed E-state index contributed by atoms with van der Waals surface area (Å²) in [6.45, 7) is 5.27. The minimum atomic E-state index is -4.16. The molecule has 0 aromatic heterocycles. The molecule has 0 bridgehead atoms. The molecule has 3 rings (SSSR count). The van der Waals surface area contributed by atoms with Gasteiger partial charge in [0, 0.05) is 18.1 Å². The molecule has 1 N–H and O–H groups in total. The van der Waals surface area contributed by atoms with E-state index < -0.39 is 28.5 Å². The predicted octanol–water partition coefficient (Wildman–Crippen LogP) is 6.09. The van der Waals surface area contributed by atoms with Crippen molar-refractivity contribution >= 4 is 62.3 Å². The number of hydrogen-bond donors (Lipinski definition) is 1. The van der Waals surface area contributed by atoms with Crippen LogP contribution in [0.4, 0.5) is 5.69 Å². The number of aryl methyl sites for hydroxylation is 1. The molecule has 2 amide bonds. The van der Waals surface area contributed by atoms with E-state index in [1.165, 1.54) is 29.2 Å². The summed E-state index contributed by atoms with van der Waals surface area (Å²) in [5.41, 5.74) is 1.79. The summed E-state index contributed by atoms with van der Waals surface area (Å²) in [4.78, 5) is 28.3. The van der Waals surface area contributed by atoms with Crippen LogP contribution in [0, 0.1) is 6.92 Å². The van der Waals surface area contributed by atoms with Crippen molar-refractivity contribution in [3.05, 3.63) is 92.9 Å². The van der Waals surface area contributed by atoms with E-state index in [1.54, 1.807) is 56.3 Å². The standard InChI is InChI=1S/C28H30Cl3N3O4S/c1-4-26(28(36)32-5-2)33(17-20-8-15-24(30)25(31)16-20)27(35)18-34(22-11-9-21(29)10-12-22)39(37,38)23-13-6-19(3)7-14-23/h6-16,26H,4-5,17-18H2,1-3H3,(H,32,36)/t26-/m1/s1. The first-order valence-electron chi connectivity index (χ1n) is 12.3. The van der Waals surface area contributed by atoms with Gasteiger partial charge in [0.2, 0.25) is 11.8 Å². The van der Waals surface area contributed by atoms with Crippen LogP contribution in [0.2, 0.25) is 15.1 Å². The number of halogens is 3. The molecular weight excluding hydrogens is 581 g/mol. The topological polar surface area (TPSA) is 86.8 Å². The summed E-state index contributed by atoms with van der Waals surface area (Å²) in [5, 5.41) is 3.84. The van der Waals surface area contributed by atoms with Crippen molar-refractivity contribution in [3.63, 3.8) is 0 Å². The summed E-state index contributed by atoms with van der Waals surface area (Å²) in [6, 6.07) is 16.6. The molecule has 208 valence electrons. The van der Waals surface area contributed by atoms with Crippen LogP contribution in [0.3, 0.4) is 0 Å². The second-order valence-electron chi connectivity index (χ2n) is 8.89. The molecule has 0 aliphatic heterocycles. The lowest BCUT2D eigenvalue weighted by atomic mass is 10.1. The molecule has 11 heteroatoms. The average Bonchev–Trinajstić information content (AvgIpc) is 2.90. The highest BCUT2D eigenvalue weighted by molar-refractivity contribution is 7.92. The van der Waals surface area contributed by atoms with E-state index in [0.29, 0.717) is 33.6 Å². The van der Waals surface area contributed by atoms with Crippen LogP contribution in [-0.2, 0) is 26.2 Å². The lowest BCUT2D eigenvalue weighted by molar-refractivity contribution is -0.140. The number of nitrogens with zero attached hydrogens (tertiary/aromatic N) is 2. The quantitative estimate of drug-likeness (QED) is 0.285. The van der Waals surface area contributed by atoms with Crippen molar-refractivity contribution in [1.29, 1.82) is 0 Å². The molecule has 0 unspecified atom stereocenters. The van der Waals surface area contributed by atoms with E-state index in [9.17, 15) is 18.0 Å². The zero-order valence-corrected chi connectivity index (χ0v) is 24.9. The second-order valence-corrected chi connectivity index (χ2v) is 12.0. The molecule has 0 spiro atoms. The lowest BCUT2D eigenvalue weighted by Crippen LogP contribution is -2.52. The van der Waals surface area contributed by atoms with Crippen LogP contribution in [0.1, 0.15) is 31.4 Å². The molecule has 0 fully saturated rings. The van der Waals surface area contributed by atoms with Crippen molar-refractivity contribution in [1.82, 2.24) is 10.2 Å². The fourth-order valence-electron chi connectivity index (χ4n) is 4.02. The number of amides is 2. The number of carbonyl (C=O) groups is 2. The van der Waals surface area contributed by atoms with Crippen LogP contribution in [-0.4, -0.2) is 44.3 Å². The van der Waals surface area contributed by atoms with Crippen LogP contribution in [0.5, 0.6) is 0 Å². The third kappa shape index (κ3) is 7.66. The van der Waals surface area contributed by atoms with Gasteiger partial charge in [-0.2, -0.15) is 0 Å². The van der Waals surface area contributed by atoms with Gasteiger partial charge in [-0.25, -0.2) is 8.42 Å². The molecule has 0 aliphatic carbocycles. The summed E-state index contributed by atoms with van der Waals surface area (Å²) >= 11 is 18.3. The smallest absolute Gasteiger partial charge is 0.264 e. The molecule has 39 heavy (non-hydrogen) atoms. The number of benzene rings is 3. The largest absolute Gasteiger partial charge is 0.355 e. The normalized spacial score (nSPS) is 12.1. The molecular formula is C28H30Cl3N3O4S. The van der Waals surface area contributed by atoms with Gasteiger partial charge >= 0.3 is 0 Å². The fraction of sp³-hybridized carbons (Fsp3) is 0.286. The van der Waals surface area contributed by atoms with Gasteiger partial charge in [-0.3, -0.25) is 13.9 Å². The minimum Gasteiger partial charge on any atom is -0.355 e. The Bertz CT molecular complexity index is 1410. The summed E-state index contributed by atoms with van der Waals surface area (Å²) in [6.07, 6.45) is 0.310. The third-order valence-corrected chi connectivity index (χ3v) is 8.86. The molecule has 0 heterocycles. The molecule has 0 aliphatic rings. The zero-order valence-electron chi connectivity index (χ0n) is 21.8. The van der Waals surface area contributed by atoms with Crippen molar-refractivity contribution in [2.45, 2.75) is 44.7 Å². The van der Waals surface area contributed by atoms with E-state index in [4.69, 9.17) is 34.8 Å². The first-order chi connectivity index (χ1) is 18.5. The number of hydrogen-bond acceptors (Lipinski definition) is 4. The van der Waals surface area contributed by atoms with Gasteiger partial charge in [0.05, 0.1) is 20.6 Å². The van der Waals surface area contributed by atoms with Crippen LogP contribution in [0.25, 0.3) is 0 Å². The Balaban J connectivity index is 2.06. The molecule has 7 nitrogen and oxygen atoms in total. The maximum Gasteiger partial charge on any atom is 0.264 e. The highest BCUT2D eigenvalue weighted by Gasteiger charge is 2.33. The van der Waals surface area contributed by atoms with Gasteiger partial charge in [0.25, 0.3) is 10.0 Å².